The van der Waals surface area contributed by atoms with Crippen LogP contribution in [0.25, 0.3) is 0 Å². The van der Waals surface area contributed by atoms with E-state index in [-0.39, 0.29) is 18.0 Å². The predicted molar refractivity (Wildman–Crippen MR) is 64.7 cm³/mol. The van der Waals surface area contributed by atoms with Crippen LogP contribution in [0, 0.1) is 5.41 Å². The topological polar surface area (TPSA) is 55.8 Å². The fourth-order valence-corrected chi connectivity index (χ4v) is 0.887. The number of nitrogens with zero attached hydrogens (tertiary/aromatic N) is 1. The lowest BCUT2D eigenvalue weighted by atomic mass is 9.92. The van der Waals surface area contributed by atoms with Gasteiger partial charge in [0.1, 0.15) is 6.61 Å². The summed E-state index contributed by atoms with van der Waals surface area (Å²) in [4.78, 5) is 23.5. The predicted octanol–water partition coefficient (Wildman–Crippen LogP) is 2.05. The van der Waals surface area contributed by atoms with Gasteiger partial charge < -0.3 is 14.4 Å². The van der Waals surface area contributed by atoms with Crippen molar-refractivity contribution >= 4 is 12.1 Å². The van der Waals surface area contributed by atoms with Crippen molar-refractivity contribution in [2.45, 2.75) is 34.1 Å². The van der Waals surface area contributed by atoms with E-state index in [4.69, 9.17) is 9.47 Å². The first-order valence-corrected chi connectivity index (χ1v) is 5.80. The number of carbonyl (C=O) groups is 2. The van der Waals surface area contributed by atoms with Gasteiger partial charge in [0, 0.05) is 14.0 Å². The van der Waals surface area contributed by atoms with Gasteiger partial charge in [-0.3, -0.25) is 4.79 Å². The van der Waals surface area contributed by atoms with Gasteiger partial charge in [-0.1, -0.05) is 20.8 Å². The number of amides is 1. The van der Waals surface area contributed by atoms with Crippen molar-refractivity contribution in [3.05, 3.63) is 0 Å². The van der Waals surface area contributed by atoms with E-state index >= 15 is 0 Å². The van der Waals surface area contributed by atoms with Gasteiger partial charge in [-0.25, -0.2) is 4.79 Å². The molecule has 0 radical (unpaired) electrons. The molecule has 100 valence electrons. The lowest BCUT2D eigenvalue weighted by molar-refractivity contribution is -0.141. The van der Waals surface area contributed by atoms with Crippen LogP contribution in [0.15, 0.2) is 0 Å². The summed E-state index contributed by atoms with van der Waals surface area (Å²) in [6.45, 7) is 8.39. The lowest BCUT2D eigenvalue weighted by Gasteiger charge is -2.24. The first-order valence-electron chi connectivity index (χ1n) is 5.80. The maximum absolute atomic E-state index is 11.5. The van der Waals surface area contributed by atoms with Crippen molar-refractivity contribution in [3.8, 4) is 0 Å². The zero-order valence-electron chi connectivity index (χ0n) is 11.4. The quantitative estimate of drug-likeness (QED) is 0.672. The van der Waals surface area contributed by atoms with E-state index in [0.717, 1.165) is 6.42 Å². The fraction of sp³-hybridized carbons (Fsp3) is 0.833. The van der Waals surface area contributed by atoms with Gasteiger partial charge >= 0.3 is 12.1 Å². The summed E-state index contributed by atoms with van der Waals surface area (Å²) in [7, 11) is 1.62. The molecule has 0 spiro atoms. The molecule has 0 aromatic carbocycles. The second-order valence-electron chi connectivity index (χ2n) is 4.83. The van der Waals surface area contributed by atoms with Crippen LogP contribution in [0.5, 0.6) is 0 Å². The van der Waals surface area contributed by atoms with Crippen LogP contribution in [0.3, 0.4) is 0 Å². The first-order chi connectivity index (χ1) is 7.78. The molecule has 0 aromatic rings. The summed E-state index contributed by atoms with van der Waals surface area (Å²) in [5.41, 5.74) is -0.00756. The summed E-state index contributed by atoms with van der Waals surface area (Å²) in [5.74, 6) is -0.348. The summed E-state index contributed by atoms with van der Waals surface area (Å²) >= 11 is 0. The third-order valence-electron chi connectivity index (χ3n) is 2.59. The Kier molecular flexibility index (Phi) is 6.61. The van der Waals surface area contributed by atoms with Gasteiger partial charge in [-0.15, -0.1) is 0 Å². The minimum absolute atomic E-state index is 0.00756. The number of hydrogen-bond acceptors (Lipinski definition) is 4. The van der Waals surface area contributed by atoms with Gasteiger partial charge in [0.15, 0.2) is 0 Å². The van der Waals surface area contributed by atoms with Crippen molar-refractivity contribution < 1.29 is 19.1 Å². The van der Waals surface area contributed by atoms with E-state index in [2.05, 4.69) is 6.92 Å². The van der Waals surface area contributed by atoms with Gasteiger partial charge in [0.2, 0.25) is 0 Å². The van der Waals surface area contributed by atoms with Gasteiger partial charge in [-0.2, -0.15) is 0 Å². The molecule has 0 N–H and O–H groups in total. The zero-order chi connectivity index (χ0) is 13.5. The van der Waals surface area contributed by atoms with E-state index in [1.807, 2.05) is 13.8 Å². The van der Waals surface area contributed by atoms with Gasteiger partial charge in [0.25, 0.3) is 0 Å². The Morgan fingerprint density at radius 2 is 1.82 bits per heavy atom. The highest BCUT2D eigenvalue weighted by molar-refractivity contribution is 5.67. The zero-order valence-corrected chi connectivity index (χ0v) is 11.4. The molecule has 0 aromatic heterocycles. The minimum Gasteiger partial charge on any atom is -0.464 e. The Bertz CT molecular complexity index is 263. The number of likely N-dealkylation sites (N-methyl/N-ethyl adjacent to an activating group) is 1. The molecule has 0 aliphatic rings. The normalized spacial score (nSPS) is 10.9. The molecule has 0 heterocycles. The SMILES string of the molecule is CCC(C)(C)COC(=O)N(C)CCOC(C)=O. The highest BCUT2D eigenvalue weighted by Gasteiger charge is 2.19. The van der Waals surface area contributed by atoms with E-state index in [9.17, 15) is 9.59 Å². The van der Waals surface area contributed by atoms with E-state index in [1.54, 1.807) is 7.05 Å². The van der Waals surface area contributed by atoms with Crippen molar-refractivity contribution in [2.75, 3.05) is 26.8 Å². The molecule has 0 aliphatic carbocycles. The number of hydrogen-bond donors (Lipinski definition) is 0. The van der Waals surface area contributed by atoms with Crippen LogP contribution in [0.2, 0.25) is 0 Å². The smallest absolute Gasteiger partial charge is 0.409 e. The van der Waals surface area contributed by atoms with Crippen molar-refractivity contribution in [2.24, 2.45) is 5.41 Å². The average molecular weight is 245 g/mol. The Hall–Kier alpha value is -1.26. The third kappa shape index (κ3) is 7.60. The average Bonchev–Trinajstić information content (AvgIpc) is 2.25. The molecule has 0 atom stereocenters. The van der Waals surface area contributed by atoms with Gasteiger partial charge in [0.05, 0.1) is 13.2 Å². The monoisotopic (exact) mass is 245 g/mol. The third-order valence-corrected chi connectivity index (χ3v) is 2.59. The summed E-state index contributed by atoms with van der Waals surface area (Å²) in [5, 5.41) is 0. The molecule has 0 bridgehead atoms. The highest BCUT2D eigenvalue weighted by atomic mass is 16.6. The maximum Gasteiger partial charge on any atom is 0.409 e. The number of carbonyl (C=O) groups excluding carboxylic acids is 2. The van der Waals surface area contributed by atoms with Crippen LogP contribution in [-0.4, -0.2) is 43.8 Å². The largest absolute Gasteiger partial charge is 0.464 e. The number of esters is 1. The summed E-state index contributed by atoms with van der Waals surface area (Å²) in [6.07, 6.45) is 0.552. The van der Waals surface area contributed by atoms with Crippen molar-refractivity contribution in [1.29, 1.82) is 0 Å². The number of ether oxygens (including phenoxy) is 2. The number of rotatable bonds is 6. The van der Waals surface area contributed by atoms with Crippen molar-refractivity contribution in [1.82, 2.24) is 4.90 Å². The molecular weight excluding hydrogens is 222 g/mol. The van der Waals surface area contributed by atoms with E-state index < -0.39 is 6.09 Å². The van der Waals surface area contributed by atoms with Crippen LogP contribution in [0.1, 0.15) is 34.1 Å². The van der Waals surface area contributed by atoms with Crippen LogP contribution >= 0.6 is 0 Å². The molecule has 0 fully saturated rings. The second-order valence-corrected chi connectivity index (χ2v) is 4.83. The van der Waals surface area contributed by atoms with Crippen LogP contribution in [-0.2, 0) is 14.3 Å². The first kappa shape index (κ1) is 15.7. The highest BCUT2D eigenvalue weighted by Crippen LogP contribution is 2.19. The van der Waals surface area contributed by atoms with E-state index in [1.165, 1.54) is 11.8 Å². The van der Waals surface area contributed by atoms with Crippen LogP contribution in [0.4, 0.5) is 4.79 Å². The Labute approximate surface area is 103 Å². The molecule has 0 saturated carbocycles. The molecule has 1 amide bonds. The lowest BCUT2D eigenvalue weighted by Crippen LogP contribution is -2.33. The second kappa shape index (κ2) is 7.14. The molecule has 17 heavy (non-hydrogen) atoms. The summed E-state index contributed by atoms with van der Waals surface area (Å²) in [6, 6.07) is 0. The Morgan fingerprint density at radius 1 is 1.24 bits per heavy atom. The molecule has 0 saturated heterocycles. The molecule has 0 unspecified atom stereocenters. The minimum atomic E-state index is -0.390. The maximum atomic E-state index is 11.5. The summed E-state index contributed by atoms with van der Waals surface area (Å²) < 4.78 is 9.90. The molecule has 0 aliphatic heterocycles. The van der Waals surface area contributed by atoms with E-state index in [0.29, 0.717) is 13.2 Å². The molecule has 5 heteroatoms. The molecule has 0 rings (SSSR count). The Morgan fingerprint density at radius 3 is 2.29 bits per heavy atom. The Balaban J connectivity index is 3.86. The van der Waals surface area contributed by atoms with Crippen molar-refractivity contribution in [3.63, 3.8) is 0 Å². The van der Waals surface area contributed by atoms with Crippen LogP contribution < -0.4 is 0 Å². The molecule has 5 nitrogen and oxygen atoms in total. The van der Waals surface area contributed by atoms with Gasteiger partial charge in [-0.05, 0) is 11.8 Å². The fourth-order valence-electron chi connectivity index (χ4n) is 0.887. The molecular formula is C12H23NO4. The standard InChI is InChI=1S/C12H23NO4/c1-6-12(3,4)9-17-11(15)13(5)7-8-16-10(2)14/h6-9H2,1-5H3.